The number of ether oxygens (including phenoxy) is 3. The van der Waals surface area contributed by atoms with Crippen molar-refractivity contribution in [1.29, 1.82) is 0 Å². The van der Waals surface area contributed by atoms with E-state index in [1.165, 1.54) is 29.2 Å². The molecular formula is C24H32Cl2N2O8S2. The van der Waals surface area contributed by atoms with Crippen LogP contribution in [0.25, 0.3) is 0 Å². The zero-order valence-electron chi connectivity index (χ0n) is 21.7. The molecule has 0 spiro atoms. The molecule has 0 aliphatic carbocycles. The summed E-state index contributed by atoms with van der Waals surface area (Å²) >= 11 is 14.3. The number of aromatic nitrogens is 2. The number of nitrogens with zero attached hydrogens (tertiary/aromatic N) is 2. The molecule has 14 heteroatoms. The Hall–Kier alpha value is -1.83. The monoisotopic (exact) mass is 610 g/mol. The van der Waals surface area contributed by atoms with Crippen LogP contribution in [0.2, 0.25) is 0 Å². The van der Waals surface area contributed by atoms with Crippen LogP contribution >= 0.6 is 45.9 Å². The number of rotatable bonds is 14. The van der Waals surface area contributed by atoms with Crippen molar-refractivity contribution in [3.63, 3.8) is 0 Å². The van der Waals surface area contributed by atoms with Gasteiger partial charge in [-0.05, 0) is 39.0 Å². The van der Waals surface area contributed by atoms with E-state index in [9.17, 15) is 19.5 Å². The van der Waals surface area contributed by atoms with Gasteiger partial charge in [0.2, 0.25) is 0 Å². The van der Waals surface area contributed by atoms with Crippen LogP contribution in [-0.2, 0) is 19.0 Å². The van der Waals surface area contributed by atoms with E-state index in [4.69, 9.17) is 42.5 Å². The Balaban J connectivity index is 2.20. The second-order valence-corrected chi connectivity index (χ2v) is 12.8. The minimum Gasteiger partial charge on any atom is -0.464 e. The first kappa shape index (κ1) is 32.4. The van der Waals surface area contributed by atoms with Gasteiger partial charge in [0, 0.05) is 10.8 Å². The summed E-state index contributed by atoms with van der Waals surface area (Å²) in [4.78, 5) is 46.1. The van der Waals surface area contributed by atoms with Crippen molar-refractivity contribution >= 4 is 63.8 Å². The lowest BCUT2D eigenvalue weighted by Crippen LogP contribution is -2.33. The predicted molar refractivity (Wildman–Crippen MR) is 144 cm³/mol. The Morgan fingerprint density at radius 2 is 1.61 bits per heavy atom. The minimum atomic E-state index is -1.21. The molecule has 0 aliphatic rings. The molecule has 4 atom stereocenters. The van der Waals surface area contributed by atoms with Crippen LogP contribution in [0.4, 0.5) is 0 Å². The van der Waals surface area contributed by atoms with Crippen LogP contribution in [0.3, 0.4) is 0 Å². The van der Waals surface area contributed by atoms with E-state index >= 15 is 0 Å². The lowest BCUT2D eigenvalue weighted by Gasteiger charge is -2.26. The summed E-state index contributed by atoms with van der Waals surface area (Å²) in [6.07, 6.45) is -1.74. The molecule has 2 heterocycles. The summed E-state index contributed by atoms with van der Waals surface area (Å²) in [6.45, 7) is 6.38. The first-order valence-electron chi connectivity index (χ1n) is 11.8. The van der Waals surface area contributed by atoms with Gasteiger partial charge in [0.25, 0.3) is 0 Å². The number of halogens is 2. The molecule has 0 saturated carbocycles. The second-order valence-electron chi connectivity index (χ2n) is 9.13. The van der Waals surface area contributed by atoms with Gasteiger partial charge in [-0.1, -0.05) is 13.8 Å². The molecule has 2 N–H and O–H groups in total. The highest BCUT2D eigenvalue weighted by molar-refractivity contribution is 7.10. The van der Waals surface area contributed by atoms with Gasteiger partial charge < -0.3 is 24.4 Å². The molecule has 2 aromatic rings. The molecule has 2 rings (SSSR count). The van der Waals surface area contributed by atoms with Crippen LogP contribution in [0.5, 0.6) is 0 Å². The number of carbonyl (C=O) groups is 3. The van der Waals surface area contributed by atoms with Crippen molar-refractivity contribution in [2.45, 2.75) is 69.6 Å². The maximum atomic E-state index is 13.2. The van der Waals surface area contributed by atoms with Crippen molar-refractivity contribution in [1.82, 2.24) is 9.97 Å². The zero-order chi connectivity index (χ0) is 28.6. The summed E-state index contributed by atoms with van der Waals surface area (Å²) < 4.78 is 15.2. The highest BCUT2D eigenvalue weighted by Gasteiger charge is 2.34. The van der Waals surface area contributed by atoms with Gasteiger partial charge in [0.15, 0.2) is 17.5 Å². The maximum Gasteiger partial charge on any atom is 0.358 e. The van der Waals surface area contributed by atoms with E-state index in [0.29, 0.717) is 17.8 Å². The average molecular weight is 612 g/mol. The largest absolute Gasteiger partial charge is 0.464 e. The number of hydrogen-bond acceptors (Lipinski definition) is 12. The summed E-state index contributed by atoms with van der Waals surface area (Å²) in [7, 11) is 1.25. The van der Waals surface area contributed by atoms with Gasteiger partial charge in [-0.25, -0.2) is 19.6 Å². The van der Waals surface area contributed by atoms with Gasteiger partial charge >= 0.3 is 17.9 Å². The quantitative estimate of drug-likeness (QED) is 0.172. The molecule has 0 aromatic carbocycles. The topological polar surface area (TPSA) is 145 Å². The number of aliphatic hydroxyl groups is 2. The third kappa shape index (κ3) is 9.42. The highest BCUT2D eigenvalue weighted by Crippen LogP contribution is 2.32. The fourth-order valence-corrected chi connectivity index (χ4v) is 5.33. The molecule has 0 radical (unpaired) electrons. The summed E-state index contributed by atoms with van der Waals surface area (Å²) in [5.41, 5.74) is 0.0639. The standard InChI is InChI=1S/C24H32Cl2N2O8S2/c1-12(2)18(20-28-14(10-38-20)22(32)34-5)36-21(31)13(3)17(7-6-8-24(4,25)26)35-23(33)15-11-37-19(27-15)16(30)9-29/h10-13,16-18,29-30H,6-9H2,1-5H3/t13-,16-,17+,18-/m0/s1. The normalized spacial score (nSPS) is 15.0. The molecule has 0 aliphatic heterocycles. The minimum absolute atomic E-state index is 0.0548. The van der Waals surface area contributed by atoms with Gasteiger partial charge in [0.05, 0.1) is 19.6 Å². The summed E-state index contributed by atoms with van der Waals surface area (Å²) in [5.74, 6) is -3.04. The smallest absolute Gasteiger partial charge is 0.358 e. The molecule has 0 fully saturated rings. The van der Waals surface area contributed by atoms with E-state index in [0.717, 1.165) is 11.3 Å². The number of carbonyl (C=O) groups excluding carboxylic acids is 3. The number of alkyl halides is 2. The van der Waals surface area contributed by atoms with E-state index in [2.05, 4.69) is 9.97 Å². The number of methoxy groups -OCH3 is 1. The van der Waals surface area contributed by atoms with Gasteiger partial charge in [-0.3, -0.25) is 4.79 Å². The van der Waals surface area contributed by atoms with E-state index in [-0.39, 0.29) is 28.7 Å². The van der Waals surface area contributed by atoms with E-state index < -0.39 is 53.1 Å². The zero-order valence-corrected chi connectivity index (χ0v) is 24.8. The predicted octanol–water partition coefficient (Wildman–Crippen LogP) is 4.88. The van der Waals surface area contributed by atoms with Crippen LogP contribution in [0.1, 0.15) is 90.2 Å². The number of aliphatic hydroxyl groups excluding tert-OH is 2. The average Bonchev–Trinajstić information content (AvgIpc) is 3.54. The Kier molecular flexibility index (Phi) is 12.4. The molecule has 0 bridgehead atoms. The first-order chi connectivity index (χ1) is 17.8. The fourth-order valence-electron chi connectivity index (χ4n) is 3.31. The lowest BCUT2D eigenvalue weighted by molar-refractivity contribution is -0.160. The Bertz CT molecular complexity index is 1090. The fraction of sp³-hybridized carbons (Fsp3) is 0.625. The third-order valence-corrected chi connectivity index (χ3v) is 7.72. The highest BCUT2D eigenvalue weighted by atomic mass is 35.5. The molecular weight excluding hydrogens is 579 g/mol. The molecule has 0 saturated heterocycles. The van der Waals surface area contributed by atoms with Crippen LogP contribution in [-0.4, -0.2) is 62.2 Å². The summed E-state index contributed by atoms with van der Waals surface area (Å²) in [6, 6.07) is 0. The second kappa shape index (κ2) is 14.5. The lowest BCUT2D eigenvalue weighted by atomic mass is 9.98. The van der Waals surface area contributed by atoms with E-state index in [1.54, 1.807) is 13.8 Å². The molecule has 0 amide bonds. The van der Waals surface area contributed by atoms with E-state index in [1.807, 2.05) is 13.8 Å². The Morgan fingerprint density at radius 1 is 1.03 bits per heavy atom. The Morgan fingerprint density at radius 3 is 2.16 bits per heavy atom. The van der Waals surface area contributed by atoms with Gasteiger partial charge in [0.1, 0.15) is 26.6 Å². The van der Waals surface area contributed by atoms with Gasteiger partial charge in [-0.15, -0.1) is 45.9 Å². The first-order valence-corrected chi connectivity index (χ1v) is 14.4. The van der Waals surface area contributed by atoms with Crippen molar-refractivity contribution in [2.75, 3.05) is 13.7 Å². The molecule has 38 heavy (non-hydrogen) atoms. The molecule has 212 valence electrons. The number of esters is 3. The molecule has 0 unspecified atom stereocenters. The SMILES string of the molecule is COC(=O)c1csc([C@@H](OC(=O)[C@@H](C)[C@@H](CCCC(C)(Cl)Cl)OC(=O)c2csc([C@@H](O)CO)n2)C(C)C)n1. The van der Waals surface area contributed by atoms with Crippen LogP contribution in [0, 0.1) is 11.8 Å². The van der Waals surface area contributed by atoms with Crippen LogP contribution in [0.15, 0.2) is 10.8 Å². The number of hydrogen-bond donors (Lipinski definition) is 2. The molecule has 10 nitrogen and oxygen atoms in total. The third-order valence-electron chi connectivity index (χ3n) is 5.49. The van der Waals surface area contributed by atoms with Crippen LogP contribution < -0.4 is 0 Å². The Labute approximate surface area is 239 Å². The summed E-state index contributed by atoms with van der Waals surface area (Å²) in [5, 5.41) is 22.4. The number of thiazole rings is 2. The molecule has 2 aromatic heterocycles. The van der Waals surface area contributed by atoms with Crippen molar-refractivity contribution in [3.05, 3.63) is 32.2 Å². The van der Waals surface area contributed by atoms with Crippen molar-refractivity contribution in [3.8, 4) is 0 Å². The van der Waals surface area contributed by atoms with Crippen molar-refractivity contribution in [2.24, 2.45) is 11.8 Å². The van der Waals surface area contributed by atoms with Crippen molar-refractivity contribution < 1.29 is 38.8 Å². The maximum absolute atomic E-state index is 13.2. The van der Waals surface area contributed by atoms with Gasteiger partial charge in [-0.2, -0.15) is 0 Å².